The number of likely N-dealkylation sites (tertiary alicyclic amines) is 1. The van der Waals surface area contributed by atoms with Crippen LogP contribution in [0.1, 0.15) is 30.5 Å². The fraction of sp³-hybridized carbons (Fsp3) is 0.476. The summed E-state index contributed by atoms with van der Waals surface area (Å²) >= 11 is 5.35. The predicted molar refractivity (Wildman–Crippen MR) is 119 cm³/mol. The van der Waals surface area contributed by atoms with E-state index >= 15 is 0 Å². The van der Waals surface area contributed by atoms with Gasteiger partial charge in [0.2, 0.25) is 16.6 Å². The smallest absolute Gasteiger partial charge is 0.257 e. The van der Waals surface area contributed by atoms with Crippen molar-refractivity contribution in [3.63, 3.8) is 0 Å². The second-order valence-electron chi connectivity index (χ2n) is 7.93. The fourth-order valence-electron chi connectivity index (χ4n) is 4.28. The summed E-state index contributed by atoms with van der Waals surface area (Å²) in [4.78, 5) is 43.1. The monoisotopic (exact) mass is 459 g/mol. The lowest BCUT2D eigenvalue weighted by molar-refractivity contribution is -0.134. The normalized spacial score (nSPS) is 18.4. The lowest BCUT2D eigenvalue weighted by atomic mass is 9.96. The number of carbonyl (C=O) groups is 3. The van der Waals surface area contributed by atoms with Crippen LogP contribution in [0.3, 0.4) is 0 Å². The molecule has 1 atom stereocenters. The van der Waals surface area contributed by atoms with Crippen molar-refractivity contribution in [3.8, 4) is 11.5 Å². The number of primary amides is 1. The number of anilines is 1. The zero-order chi connectivity index (χ0) is 23.0. The molecule has 0 radical (unpaired) electrons. The number of methoxy groups -OCH3 is 2. The maximum atomic E-state index is 13.0. The van der Waals surface area contributed by atoms with Crippen LogP contribution in [0.4, 0.5) is 5.82 Å². The van der Waals surface area contributed by atoms with Gasteiger partial charge in [0.15, 0.2) is 11.5 Å². The van der Waals surface area contributed by atoms with Crippen molar-refractivity contribution in [1.29, 1.82) is 0 Å². The zero-order valence-corrected chi connectivity index (χ0v) is 18.7. The van der Waals surface area contributed by atoms with Crippen LogP contribution in [-0.4, -0.2) is 65.5 Å². The Bertz CT molecular complexity index is 1160. The molecule has 1 saturated heterocycles. The largest absolute Gasteiger partial charge is 0.493 e. The minimum absolute atomic E-state index is 0.0449. The zero-order valence-electron chi connectivity index (χ0n) is 17.9. The van der Waals surface area contributed by atoms with Crippen LogP contribution in [0.15, 0.2) is 12.1 Å². The number of aromatic nitrogens is 2. The number of fused-ring (bicyclic) bond motifs is 3. The highest BCUT2D eigenvalue weighted by molar-refractivity contribution is 7.71. The number of nitrogens with one attached hydrogen (secondary N) is 1. The predicted octanol–water partition coefficient (Wildman–Crippen LogP) is 1.72. The standard InChI is InChI=1S/C21H25N5O5S/c1-30-15-9-12-14(10-16(15)31-2)24-21(32)26-19(12)23-13(20(26)29)3-4-17(27)25-7-5-11(6-8-25)18(22)28/h9-11,13,23H,3-8H2,1-2H3,(H2,22,28)/t13-/m0/s1. The first-order valence-corrected chi connectivity index (χ1v) is 10.8. The van der Waals surface area contributed by atoms with Gasteiger partial charge in [-0.1, -0.05) is 0 Å². The summed E-state index contributed by atoms with van der Waals surface area (Å²) in [6.07, 6.45) is 1.67. The van der Waals surface area contributed by atoms with Crippen LogP contribution in [-0.2, 0) is 9.59 Å². The molecule has 0 spiro atoms. The van der Waals surface area contributed by atoms with Crippen molar-refractivity contribution in [2.45, 2.75) is 31.7 Å². The maximum absolute atomic E-state index is 13.0. The molecule has 11 heteroatoms. The quantitative estimate of drug-likeness (QED) is 0.625. The topological polar surface area (TPSA) is 129 Å². The van der Waals surface area contributed by atoms with Crippen LogP contribution in [0.25, 0.3) is 10.9 Å². The third-order valence-corrected chi connectivity index (χ3v) is 6.39. The van der Waals surface area contributed by atoms with Crippen molar-refractivity contribution in [1.82, 2.24) is 14.5 Å². The molecular formula is C21H25N5O5S. The van der Waals surface area contributed by atoms with Crippen molar-refractivity contribution in [2.24, 2.45) is 11.7 Å². The summed E-state index contributed by atoms with van der Waals surface area (Å²) in [5, 5.41) is 3.89. The van der Waals surface area contributed by atoms with Gasteiger partial charge in [0.05, 0.1) is 19.7 Å². The van der Waals surface area contributed by atoms with Gasteiger partial charge in [-0.25, -0.2) is 9.55 Å². The van der Waals surface area contributed by atoms with Gasteiger partial charge >= 0.3 is 0 Å². The van der Waals surface area contributed by atoms with Gasteiger partial charge in [-0.2, -0.15) is 0 Å². The van der Waals surface area contributed by atoms with Gasteiger partial charge < -0.3 is 25.4 Å². The minimum Gasteiger partial charge on any atom is -0.493 e. The Morgan fingerprint density at radius 1 is 1.22 bits per heavy atom. The molecular weight excluding hydrogens is 434 g/mol. The average molecular weight is 460 g/mol. The Morgan fingerprint density at radius 2 is 1.88 bits per heavy atom. The molecule has 1 aromatic carbocycles. The molecule has 32 heavy (non-hydrogen) atoms. The average Bonchev–Trinajstić information content (AvgIpc) is 3.13. The van der Waals surface area contributed by atoms with Gasteiger partial charge in [-0.15, -0.1) is 0 Å². The minimum atomic E-state index is -0.593. The summed E-state index contributed by atoms with van der Waals surface area (Å²) in [6.45, 7) is 1.000. The number of nitrogens with zero attached hydrogens (tertiary/aromatic N) is 3. The molecule has 3 N–H and O–H groups in total. The van der Waals surface area contributed by atoms with Crippen LogP contribution in [0.5, 0.6) is 11.5 Å². The van der Waals surface area contributed by atoms with Crippen molar-refractivity contribution in [2.75, 3.05) is 32.6 Å². The second-order valence-corrected chi connectivity index (χ2v) is 8.30. The molecule has 0 bridgehead atoms. The Morgan fingerprint density at radius 3 is 2.50 bits per heavy atom. The highest BCUT2D eigenvalue weighted by atomic mass is 32.1. The van der Waals surface area contributed by atoms with Crippen molar-refractivity contribution < 1.29 is 23.9 Å². The number of hydrogen-bond donors (Lipinski definition) is 2. The van der Waals surface area contributed by atoms with Crippen molar-refractivity contribution >= 4 is 46.7 Å². The third-order valence-electron chi connectivity index (χ3n) is 6.11. The molecule has 10 nitrogen and oxygen atoms in total. The number of hydrogen-bond acceptors (Lipinski definition) is 8. The van der Waals surface area contributed by atoms with E-state index in [1.54, 1.807) is 17.0 Å². The number of ether oxygens (including phenoxy) is 2. The van der Waals surface area contributed by atoms with Crippen molar-refractivity contribution in [3.05, 3.63) is 16.9 Å². The lowest BCUT2D eigenvalue weighted by Crippen LogP contribution is -2.42. The summed E-state index contributed by atoms with van der Waals surface area (Å²) < 4.78 is 12.2. The molecule has 1 aromatic heterocycles. The van der Waals surface area contributed by atoms with Crippen LogP contribution in [0.2, 0.25) is 0 Å². The van der Waals surface area contributed by atoms with Crippen LogP contribution >= 0.6 is 12.2 Å². The first-order chi connectivity index (χ1) is 15.3. The van der Waals surface area contributed by atoms with E-state index in [2.05, 4.69) is 10.3 Å². The molecule has 2 aliphatic rings. The van der Waals surface area contributed by atoms with E-state index in [9.17, 15) is 14.4 Å². The van der Waals surface area contributed by atoms with E-state index in [1.165, 1.54) is 18.8 Å². The summed E-state index contributed by atoms with van der Waals surface area (Å²) in [5.41, 5.74) is 5.93. The highest BCUT2D eigenvalue weighted by Crippen LogP contribution is 2.37. The van der Waals surface area contributed by atoms with Gasteiger partial charge in [0.25, 0.3) is 5.91 Å². The van der Waals surface area contributed by atoms with Gasteiger partial charge in [-0.3, -0.25) is 14.4 Å². The van der Waals surface area contributed by atoms with Gasteiger partial charge in [0, 0.05) is 36.9 Å². The first-order valence-electron chi connectivity index (χ1n) is 10.4. The molecule has 170 valence electrons. The van der Waals surface area contributed by atoms with Crippen LogP contribution in [0, 0.1) is 10.7 Å². The molecule has 0 saturated carbocycles. The molecule has 0 aliphatic carbocycles. The highest BCUT2D eigenvalue weighted by Gasteiger charge is 2.33. The SMILES string of the molecule is COc1cc2nc(=S)n3c(c2cc1OC)N[C@@H](CCC(=O)N1CCC(C(N)=O)CC1)C3=O. The number of rotatable bonds is 6. The molecule has 2 aliphatic heterocycles. The third kappa shape index (κ3) is 3.88. The van der Waals surface area contributed by atoms with E-state index in [1.807, 2.05) is 0 Å². The molecule has 4 rings (SSSR count). The van der Waals surface area contributed by atoms with E-state index in [4.69, 9.17) is 27.4 Å². The molecule has 2 amide bonds. The van der Waals surface area contributed by atoms with E-state index in [0.717, 1.165) is 0 Å². The Kier molecular flexibility index (Phi) is 6.00. The van der Waals surface area contributed by atoms with E-state index < -0.39 is 6.04 Å². The van der Waals surface area contributed by atoms with Gasteiger partial charge in [-0.05, 0) is 37.5 Å². The van der Waals surface area contributed by atoms with E-state index in [-0.39, 0.29) is 34.8 Å². The summed E-state index contributed by atoms with van der Waals surface area (Å²) in [7, 11) is 3.07. The Hall–Kier alpha value is -3.21. The molecule has 0 unspecified atom stereocenters. The number of nitrogens with two attached hydrogens (primary N) is 1. The summed E-state index contributed by atoms with van der Waals surface area (Å²) in [5.74, 6) is 0.774. The Balaban J connectivity index is 1.50. The van der Waals surface area contributed by atoms with Crippen LogP contribution < -0.4 is 20.5 Å². The number of carbonyl (C=O) groups excluding carboxylic acids is 3. The maximum Gasteiger partial charge on any atom is 0.257 e. The molecule has 3 heterocycles. The second kappa shape index (κ2) is 8.73. The lowest BCUT2D eigenvalue weighted by Gasteiger charge is -2.30. The summed E-state index contributed by atoms with van der Waals surface area (Å²) in [6, 6.07) is 2.87. The first kappa shape index (κ1) is 22.0. The van der Waals surface area contributed by atoms with E-state index in [0.29, 0.717) is 60.6 Å². The number of piperidine rings is 1. The van der Waals surface area contributed by atoms with Gasteiger partial charge in [0.1, 0.15) is 11.9 Å². The number of amides is 2. The number of benzene rings is 1. The molecule has 2 aromatic rings. The fourth-order valence-corrected chi connectivity index (χ4v) is 4.56. The molecule has 1 fully saturated rings. The Labute approximate surface area is 189 Å².